The number of ether oxygens (including phenoxy) is 3. The van der Waals surface area contributed by atoms with Gasteiger partial charge in [-0.05, 0) is 70.6 Å². The molecule has 6 nitrogen and oxygen atoms in total. The molecule has 0 bridgehead atoms. The fourth-order valence-corrected chi connectivity index (χ4v) is 7.09. The summed E-state index contributed by atoms with van der Waals surface area (Å²) >= 11 is 0. The number of carbonyl (C=O) groups is 3. The van der Waals surface area contributed by atoms with Crippen molar-refractivity contribution >= 4 is 17.9 Å². The Balaban J connectivity index is 3.93. The zero-order chi connectivity index (χ0) is 45.1. The number of hydrogen-bond acceptors (Lipinski definition) is 6. The van der Waals surface area contributed by atoms with Gasteiger partial charge in [-0.25, -0.2) is 0 Å². The van der Waals surface area contributed by atoms with Crippen LogP contribution in [0.3, 0.4) is 0 Å². The monoisotopic (exact) mass is 865 g/mol. The van der Waals surface area contributed by atoms with E-state index in [4.69, 9.17) is 14.2 Å². The first-order chi connectivity index (χ1) is 30.5. The lowest BCUT2D eigenvalue weighted by Crippen LogP contribution is -2.30. The first-order valence-electron chi connectivity index (χ1n) is 25.9. The van der Waals surface area contributed by atoms with Gasteiger partial charge in [-0.15, -0.1) is 0 Å². The Morgan fingerprint density at radius 2 is 0.629 bits per heavy atom. The minimum atomic E-state index is -0.766. The van der Waals surface area contributed by atoms with Crippen molar-refractivity contribution in [2.45, 2.75) is 252 Å². The van der Waals surface area contributed by atoms with Gasteiger partial charge in [-0.3, -0.25) is 14.4 Å². The second-order valence-electron chi connectivity index (χ2n) is 17.1. The van der Waals surface area contributed by atoms with Crippen LogP contribution in [0.5, 0.6) is 0 Å². The highest BCUT2D eigenvalue weighted by molar-refractivity contribution is 5.71. The van der Waals surface area contributed by atoms with Gasteiger partial charge >= 0.3 is 17.9 Å². The lowest BCUT2D eigenvalue weighted by atomic mass is 10.0. The Hall–Kier alpha value is -3.15. The fourth-order valence-electron chi connectivity index (χ4n) is 7.09. The molecule has 356 valence electrons. The molecule has 0 fully saturated rings. The van der Waals surface area contributed by atoms with Crippen molar-refractivity contribution in [3.8, 4) is 0 Å². The Morgan fingerprint density at radius 3 is 0.984 bits per heavy atom. The number of esters is 3. The SMILES string of the molecule is CC/C=C\C/C=C\C/C=C\C/C=C\C/C=C\C/C=C\CCCCCCCCCCCCCCC(=O)OCC(COC(=O)CCCCCCCC)OC(=O)CCCCCCCCC. The summed E-state index contributed by atoms with van der Waals surface area (Å²) in [5.74, 6) is -0.892. The lowest BCUT2D eigenvalue weighted by molar-refractivity contribution is -0.167. The van der Waals surface area contributed by atoms with Crippen LogP contribution >= 0.6 is 0 Å². The molecule has 0 aliphatic carbocycles. The molecule has 0 aromatic heterocycles. The van der Waals surface area contributed by atoms with Crippen molar-refractivity contribution in [2.24, 2.45) is 0 Å². The Bertz CT molecular complexity index is 1180. The molecule has 0 spiro atoms. The Kier molecular flexibility index (Phi) is 47.9. The molecule has 0 heterocycles. The van der Waals surface area contributed by atoms with Gasteiger partial charge in [0.2, 0.25) is 0 Å². The topological polar surface area (TPSA) is 78.9 Å². The molecule has 0 aliphatic heterocycles. The van der Waals surface area contributed by atoms with Crippen LogP contribution < -0.4 is 0 Å². The maximum absolute atomic E-state index is 12.6. The summed E-state index contributed by atoms with van der Waals surface area (Å²) in [6.45, 7) is 6.41. The normalized spacial score (nSPS) is 12.6. The second-order valence-corrected chi connectivity index (χ2v) is 17.1. The van der Waals surface area contributed by atoms with Gasteiger partial charge in [-0.2, -0.15) is 0 Å². The van der Waals surface area contributed by atoms with Crippen LogP contribution in [0.25, 0.3) is 0 Å². The molecule has 0 rings (SSSR count). The van der Waals surface area contributed by atoms with E-state index in [-0.39, 0.29) is 31.1 Å². The molecule has 1 unspecified atom stereocenters. The van der Waals surface area contributed by atoms with E-state index in [1.54, 1.807) is 0 Å². The average molecular weight is 865 g/mol. The standard InChI is InChI=1S/C56H96O6/c1-4-7-10-13-16-17-18-19-20-21-22-23-24-25-26-27-28-29-30-31-32-33-34-35-36-37-38-39-41-43-46-49-55(58)61-52-53(51-60-54(57)48-45-42-15-12-9-6-3)62-56(59)50-47-44-40-14-11-8-5-2/h7,10,16-17,19-20,22-23,25-26,28-29,53H,4-6,8-9,11-15,18,21,24,27,30-52H2,1-3H3/b10-7-,17-16-,20-19-,23-22-,26-25-,29-28-. The van der Waals surface area contributed by atoms with Gasteiger partial charge in [-0.1, -0.05) is 229 Å². The van der Waals surface area contributed by atoms with Crippen molar-refractivity contribution in [1.82, 2.24) is 0 Å². The fraction of sp³-hybridized carbons (Fsp3) is 0.732. The van der Waals surface area contributed by atoms with Gasteiger partial charge in [0, 0.05) is 19.3 Å². The quantitative estimate of drug-likeness (QED) is 0.0262. The number of rotatable bonds is 46. The molecule has 0 aromatic carbocycles. The summed E-state index contributed by atoms with van der Waals surface area (Å²) in [6.07, 6.45) is 63.8. The second kappa shape index (κ2) is 50.5. The van der Waals surface area contributed by atoms with Crippen LogP contribution in [-0.2, 0) is 28.6 Å². The third-order valence-electron chi connectivity index (χ3n) is 11.0. The lowest BCUT2D eigenvalue weighted by Gasteiger charge is -2.18. The van der Waals surface area contributed by atoms with Crippen LogP contribution in [0, 0.1) is 0 Å². The summed E-state index contributed by atoms with van der Waals surface area (Å²) in [4.78, 5) is 37.5. The van der Waals surface area contributed by atoms with Gasteiger partial charge in [0.15, 0.2) is 6.10 Å². The van der Waals surface area contributed by atoms with E-state index in [9.17, 15) is 14.4 Å². The third-order valence-corrected chi connectivity index (χ3v) is 11.0. The van der Waals surface area contributed by atoms with Crippen molar-refractivity contribution in [1.29, 1.82) is 0 Å². The summed E-state index contributed by atoms with van der Waals surface area (Å²) in [7, 11) is 0. The van der Waals surface area contributed by atoms with E-state index in [0.717, 1.165) is 96.3 Å². The van der Waals surface area contributed by atoms with Gasteiger partial charge in [0.05, 0.1) is 0 Å². The molecule has 0 N–H and O–H groups in total. The van der Waals surface area contributed by atoms with Crippen molar-refractivity contribution < 1.29 is 28.6 Å². The maximum Gasteiger partial charge on any atom is 0.306 e. The Morgan fingerprint density at radius 1 is 0.339 bits per heavy atom. The van der Waals surface area contributed by atoms with E-state index in [1.165, 1.54) is 109 Å². The molecular formula is C56H96O6. The molecule has 62 heavy (non-hydrogen) atoms. The molecule has 0 aliphatic rings. The molecule has 0 radical (unpaired) electrons. The van der Waals surface area contributed by atoms with Crippen LogP contribution in [0.4, 0.5) is 0 Å². The summed E-state index contributed by atoms with van der Waals surface area (Å²) < 4.78 is 16.6. The molecule has 0 saturated heterocycles. The molecule has 1 atom stereocenters. The Labute approximate surface area is 382 Å². The number of unbranched alkanes of at least 4 members (excludes halogenated alkanes) is 23. The van der Waals surface area contributed by atoms with E-state index >= 15 is 0 Å². The van der Waals surface area contributed by atoms with Crippen LogP contribution in [0.15, 0.2) is 72.9 Å². The van der Waals surface area contributed by atoms with E-state index in [1.807, 2.05) is 0 Å². The van der Waals surface area contributed by atoms with Crippen LogP contribution in [0.1, 0.15) is 245 Å². The number of allylic oxidation sites excluding steroid dienone is 12. The number of carbonyl (C=O) groups excluding carboxylic acids is 3. The molecule has 6 heteroatoms. The summed E-state index contributed by atoms with van der Waals surface area (Å²) in [6, 6.07) is 0. The minimum absolute atomic E-state index is 0.0736. The predicted octanol–water partition coefficient (Wildman–Crippen LogP) is 17.0. The zero-order valence-corrected chi connectivity index (χ0v) is 40.6. The molecule has 0 aromatic rings. The first kappa shape index (κ1) is 58.9. The average Bonchev–Trinajstić information content (AvgIpc) is 3.27. The molecule has 0 saturated carbocycles. The first-order valence-corrected chi connectivity index (χ1v) is 25.9. The van der Waals surface area contributed by atoms with Gasteiger partial charge in [0.1, 0.15) is 13.2 Å². The molecular weight excluding hydrogens is 769 g/mol. The summed E-state index contributed by atoms with van der Waals surface area (Å²) in [5, 5.41) is 0. The molecule has 0 amide bonds. The van der Waals surface area contributed by atoms with Crippen molar-refractivity contribution in [3.63, 3.8) is 0 Å². The maximum atomic E-state index is 12.6. The third kappa shape index (κ3) is 47.9. The van der Waals surface area contributed by atoms with Crippen molar-refractivity contribution in [3.05, 3.63) is 72.9 Å². The predicted molar refractivity (Wildman–Crippen MR) is 265 cm³/mol. The minimum Gasteiger partial charge on any atom is -0.462 e. The summed E-state index contributed by atoms with van der Waals surface area (Å²) in [5.41, 5.74) is 0. The highest BCUT2D eigenvalue weighted by atomic mass is 16.6. The number of hydrogen-bond donors (Lipinski definition) is 0. The van der Waals surface area contributed by atoms with Crippen LogP contribution in [0.2, 0.25) is 0 Å². The van der Waals surface area contributed by atoms with E-state index in [0.29, 0.717) is 19.3 Å². The van der Waals surface area contributed by atoms with Gasteiger partial charge in [0.25, 0.3) is 0 Å². The smallest absolute Gasteiger partial charge is 0.306 e. The zero-order valence-electron chi connectivity index (χ0n) is 40.6. The van der Waals surface area contributed by atoms with E-state index < -0.39 is 6.10 Å². The largest absolute Gasteiger partial charge is 0.462 e. The van der Waals surface area contributed by atoms with Crippen molar-refractivity contribution in [2.75, 3.05) is 13.2 Å². The van der Waals surface area contributed by atoms with Crippen LogP contribution in [-0.4, -0.2) is 37.2 Å². The van der Waals surface area contributed by atoms with Gasteiger partial charge < -0.3 is 14.2 Å². The highest BCUT2D eigenvalue weighted by Gasteiger charge is 2.19. The van der Waals surface area contributed by atoms with E-state index in [2.05, 4.69) is 93.7 Å². The highest BCUT2D eigenvalue weighted by Crippen LogP contribution is 2.15.